The van der Waals surface area contributed by atoms with Crippen molar-refractivity contribution in [2.45, 2.75) is 19.5 Å². The third-order valence-corrected chi connectivity index (χ3v) is 1.94. The van der Waals surface area contributed by atoms with E-state index in [4.69, 9.17) is 0 Å². The van der Waals surface area contributed by atoms with Gasteiger partial charge in [-0.05, 0) is 6.92 Å². The van der Waals surface area contributed by atoms with Crippen LogP contribution in [0.5, 0.6) is 0 Å². The molecular formula is C10H13F3N4O. The fourth-order valence-electron chi connectivity index (χ4n) is 1.13. The molecule has 0 saturated heterocycles. The van der Waals surface area contributed by atoms with Crippen LogP contribution in [0.15, 0.2) is 12.4 Å². The molecule has 8 heteroatoms. The third kappa shape index (κ3) is 4.98. The van der Waals surface area contributed by atoms with Gasteiger partial charge in [0.05, 0.1) is 18.8 Å². The second-order valence-corrected chi connectivity index (χ2v) is 3.44. The Hall–Kier alpha value is -1.86. The van der Waals surface area contributed by atoms with Crippen molar-refractivity contribution in [3.05, 3.63) is 18.1 Å². The number of nitrogens with zero attached hydrogens (tertiary/aromatic N) is 2. The first kappa shape index (κ1) is 14.2. The first-order valence-corrected chi connectivity index (χ1v) is 5.33. The Morgan fingerprint density at radius 1 is 1.33 bits per heavy atom. The van der Waals surface area contributed by atoms with Crippen molar-refractivity contribution >= 4 is 11.7 Å². The lowest BCUT2D eigenvalue weighted by atomic mass is 10.3. The Bertz CT molecular complexity index is 391. The molecule has 1 aromatic rings. The molecule has 0 bridgehead atoms. The lowest BCUT2D eigenvalue weighted by Crippen LogP contribution is -2.28. The number of anilines is 1. The summed E-state index contributed by atoms with van der Waals surface area (Å²) in [6.07, 6.45) is -2.79. The third-order valence-electron chi connectivity index (χ3n) is 1.94. The summed E-state index contributed by atoms with van der Waals surface area (Å²) < 4.78 is 35.6. The van der Waals surface area contributed by atoms with E-state index in [-0.39, 0.29) is 5.69 Å². The zero-order valence-corrected chi connectivity index (χ0v) is 9.71. The summed E-state index contributed by atoms with van der Waals surface area (Å²) in [6.45, 7) is 2.06. The largest absolute Gasteiger partial charge is 0.390 e. The summed E-state index contributed by atoms with van der Waals surface area (Å²) in [7, 11) is 0. The fraction of sp³-hybridized carbons (Fsp3) is 0.500. The maximum Gasteiger partial charge on any atom is 0.390 e. The number of halogens is 3. The first-order chi connectivity index (χ1) is 8.42. The van der Waals surface area contributed by atoms with Crippen molar-refractivity contribution in [1.29, 1.82) is 0 Å². The van der Waals surface area contributed by atoms with Gasteiger partial charge in [0.25, 0.3) is 5.91 Å². The molecule has 0 aliphatic heterocycles. The number of carbonyl (C=O) groups excluding carboxylic acids is 1. The van der Waals surface area contributed by atoms with E-state index >= 15 is 0 Å². The van der Waals surface area contributed by atoms with Gasteiger partial charge in [-0.3, -0.25) is 4.79 Å². The molecule has 1 rings (SSSR count). The molecule has 0 aliphatic rings. The van der Waals surface area contributed by atoms with Gasteiger partial charge in [0.15, 0.2) is 0 Å². The van der Waals surface area contributed by atoms with Gasteiger partial charge in [0.2, 0.25) is 0 Å². The second-order valence-electron chi connectivity index (χ2n) is 3.44. The maximum absolute atomic E-state index is 11.9. The zero-order chi connectivity index (χ0) is 13.6. The zero-order valence-electron chi connectivity index (χ0n) is 9.71. The highest BCUT2D eigenvalue weighted by atomic mass is 19.4. The van der Waals surface area contributed by atoms with Crippen LogP contribution < -0.4 is 10.6 Å². The first-order valence-electron chi connectivity index (χ1n) is 5.33. The Balaban J connectivity index is 2.46. The quantitative estimate of drug-likeness (QED) is 0.845. The number of hydrogen-bond acceptors (Lipinski definition) is 4. The molecule has 0 radical (unpaired) electrons. The van der Waals surface area contributed by atoms with Crippen LogP contribution in [0.2, 0.25) is 0 Å². The Kier molecular flexibility index (Phi) is 4.87. The van der Waals surface area contributed by atoms with Crippen LogP contribution in [-0.4, -0.2) is 35.1 Å². The number of alkyl halides is 3. The molecule has 0 fully saturated rings. The van der Waals surface area contributed by atoms with Crippen molar-refractivity contribution < 1.29 is 18.0 Å². The van der Waals surface area contributed by atoms with Gasteiger partial charge in [-0.2, -0.15) is 13.2 Å². The number of amides is 1. The van der Waals surface area contributed by atoms with Crippen LogP contribution in [0, 0.1) is 0 Å². The van der Waals surface area contributed by atoms with Crippen molar-refractivity contribution in [3.63, 3.8) is 0 Å². The number of aromatic nitrogens is 2. The number of nitrogens with one attached hydrogen (secondary N) is 2. The van der Waals surface area contributed by atoms with Gasteiger partial charge in [0, 0.05) is 13.1 Å². The van der Waals surface area contributed by atoms with E-state index in [0.717, 1.165) is 0 Å². The Morgan fingerprint density at radius 2 is 2.06 bits per heavy atom. The number of rotatable bonds is 5. The predicted octanol–water partition coefficient (Wildman–Crippen LogP) is 1.59. The van der Waals surface area contributed by atoms with Crippen LogP contribution in [0.25, 0.3) is 0 Å². The van der Waals surface area contributed by atoms with Crippen LogP contribution >= 0.6 is 0 Å². The van der Waals surface area contributed by atoms with E-state index in [1.165, 1.54) is 12.4 Å². The minimum absolute atomic E-state index is 0.0150. The maximum atomic E-state index is 11.9. The lowest BCUT2D eigenvalue weighted by Gasteiger charge is -2.07. The minimum atomic E-state index is -4.28. The van der Waals surface area contributed by atoms with Crippen LogP contribution in [0.1, 0.15) is 23.8 Å². The molecule has 0 aromatic carbocycles. The fourth-order valence-corrected chi connectivity index (χ4v) is 1.13. The SMILES string of the molecule is CCNc1cnc(C(=O)NCCC(F)(F)F)cn1. The summed E-state index contributed by atoms with van der Waals surface area (Å²) in [4.78, 5) is 19.1. The molecule has 0 saturated carbocycles. The molecule has 18 heavy (non-hydrogen) atoms. The summed E-state index contributed by atoms with van der Waals surface area (Å²) >= 11 is 0. The molecule has 5 nitrogen and oxygen atoms in total. The van der Waals surface area contributed by atoms with E-state index in [2.05, 4.69) is 20.6 Å². The molecule has 2 N–H and O–H groups in total. The normalized spacial score (nSPS) is 11.1. The molecule has 0 unspecified atom stereocenters. The molecule has 0 atom stereocenters. The Morgan fingerprint density at radius 3 is 2.56 bits per heavy atom. The molecule has 1 amide bonds. The van der Waals surface area contributed by atoms with E-state index < -0.39 is 25.0 Å². The average Bonchev–Trinajstić information content (AvgIpc) is 2.28. The van der Waals surface area contributed by atoms with Gasteiger partial charge in [-0.15, -0.1) is 0 Å². The Labute approximate surface area is 102 Å². The highest BCUT2D eigenvalue weighted by Crippen LogP contribution is 2.18. The second kappa shape index (κ2) is 6.18. The molecular weight excluding hydrogens is 249 g/mol. The minimum Gasteiger partial charge on any atom is -0.369 e. The summed E-state index contributed by atoms with van der Waals surface area (Å²) in [6, 6.07) is 0. The average molecular weight is 262 g/mol. The van der Waals surface area contributed by atoms with E-state index in [9.17, 15) is 18.0 Å². The van der Waals surface area contributed by atoms with Crippen LogP contribution in [-0.2, 0) is 0 Å². The summed E-state index contributed by atoms with van der Waals surface area (Å²) in [5.74, 6) is -0.167. The van der Waals surface area contributed by atoms with Gasteiger partial charge >= 0.3 is 6.18 Å². The number of carbonyl (C=O) groups is 1. The van der Waals surface area contributed by atoms with E-state index in [1.807, 2.05) is 6.92 Å². The molecule has 0 aliphatic carbocycles. The summed E-state index contributed by atoms with van der Waals surface area (Å²) in [5, 5.41) is 5.01. The van der Waals surface area contributed by atoms with Crippen LogP contribution in [0.4, 0.5) is 19.0 Å². The van der Waals surface area contributed by atoms with Crippen molar-refractivity contribution in [1.82, 2.24) is 15.3 Å². The van der Waals surface area contributed by atoms with Gasteiger partial charge in [-0.1, -0.05) is 0 Å². The van der Waals surface area contributed by atoms with E-state index in [1.54, 1.807) is 0 Å². The predicted molar refractivity (Wildman–Crippen MR) is 59.2 cm³/mol. The van der Waals surface area contributed by atoms with Gasteiger partial charge in [-0.25, -0.2) is 9.97 Å². The van der Waals surface area contributed by atoms with Crippen molar-refractivity contribution in [2.24, 2.45) is 0 Å². The van der Waals surface area contributed by atoms with E-state index in [0.29, 0.717) is 12.4 Å². The summed E-state index contributed by atoms with van der Waals surface area (Å²) in [5.41, 5.74) is -0.0150. The smallest absolute Gasteiger partial charge is 0.369 e. The highest BCUT2D eigenvalue weighted by molar-refractivity contribution is 5.91. The highest BCUT2D eigenvalue weighted by Gasteiger charge is 2.26. The molecule has 1 aromatic heterocycles. The molecule has 100 valence electrons. The topological polar surface area (TPSA) is 66.9 Å². The van der Waals surface area contributed by atoms with Gasteiger partial charge < -0.3 is 10.6 Å². The lowest BCUT2D eigenvalue weighted by molar-refractivity contribution is -0.132. The molecule has 0 spiro atoms. The van der Waals surface area contributed by atoms with Gasteiger partial charge in [0.1, 0.15) is 11.5 Å². The van der Waals surface area contributed by atoms with Crippen molar-refractivity contribution in [3.8, 4) is 0 Å². The number of hydrogen-bond donors (Lipinski definition) is 2. The standard InChI is InChI=1S/C10H13F3N4O/c1-2-14-8-6-16-7(5-17-8)9(18)15-4-3-10(11,12)13/h5-6H,2-4H2,1H3,(H,14,17)(H,15,18). The van der Waals surface area contributed by atoms with Crippen molar-refractivity contribution in [2.75, 3.05) is 18.4 Å². The van der Waals surface area contributed by atoms with Crippen LogP contribution in [0.3, 0.4) is 0 Å². The monoisotopic (exact) mass is 262 g/mol. The molecule has 1 heterocycles.